The number of rotatable bonds is 2. The molecule has 2 rings (SSSR count). The van der Waals surface area contributed by atoms with E-state index in [2.05, 4.69) is 45.0 Å². The average molecular weight is 286 g/mol. The van der Waals surface area contributed by atoms with Crippen LogP contribution in [0.1, 0.15) is 31.9 Å². The Morgan fingerprint density at radius 1 is 0.818 bits per heavy atom. The number of benzene rings is 2. The standard InChI is InChI=1S/C20H18N2/c1-20(2,3)19-10-8-18(9-11-19)17-6-4-15(5-7-17)12-16(13-21)14-22/h4-12H,1-3H3. The monoisotopic (exact) mass is 286 g/mol. The summed E-state index contributed by atoms with van der Waals surface area (Å²) in [6.45, 7) is 6.60. The molecule has 0 fully saturated rings. The Morgan fingerprint density at radius 2 is 1.27 bits per heavy atom. The molecule has 0 spiro atoms. The maximum Gasteiger partial charge on any atom is 0.130 e. The molecule has 0 atom stereocenters. The van der Waals surface area contributed by atoms with E-state index in [4.69, 9.17) is 10.5 Å². The Morgan fingerprint density at radius 3 is 1.68 bits per heavy atom. The normalized spacial score (nSPS) is 10.4. The maximum absolute atomic E-state index is 8.77. The second kappa shape index (κ2) is 6.29. The van der Waals surface area contributed by atoms with Gasteiger partial charge in [0, 0.05) is 0 Å². The Hall–Kier alpha value is -2.84. The fourth-order valence-corrected chi connectivity index (χ4v) is 2.19. The van der Waals surface area contributed by atoms with Gasteiger partial charge in [0.1, 0.15) is 17.7 Å². The lowest BCUT2D eigenvalue weighted by Gasteiger charge is -2.19. The third-order valence-electron chi connectivity index (χ3n) is 3.55. The van der Waals surface area contributed by atoms with Crippen LogP contribution in [0.3, 0.4) is 0 Å². The summed E-state index contributed by atoms with van der Waals surface area (Å²) >= 11 is 0. The molecule has 0 radical (unpaired) electrons. The van der Waals surface area contributed by atoms with Crippen molar-refractivity contribution >= 4 is 6.08 Å². The van der Waals surface area contributed by atoms with E-state index in [-0.39, 0.29) is 11.0 Å². The van der Waals surface area contributed by atoms with Crippen molar-refractivity contribution < 1.29 is 0 Å². The molecule has 0 heterocycles. The van der Waals surface area contributed by atoms with Crippen molar-refractivity contribution in [3.8, 4) is 23.3 Å². The molecule has 0 unspecified atom stereocenters. The highest BCUT2D eigenvalue weighted by molar-refractivity contribution is 5.68. The predicted octanol–water partition coefficient (Wildman–Crippen LogP) is 5.08. The zero-order valence-electron chi connectivity index (χ0n) is 13.1. The van der Waals surface area contributed by atoms with Crippen LogP contribution in [0.15, 0.2) is 54.1 Å². The van der Waals surface area contributed by atoms with Gasteiger partial charge in [-0.1, -0.05) is 69.3 Å². The van der Waals surface area contributed by atoms with Crippen LogP contribution in [0.2, 0.25) is 0 Å². The summed E-state index contributed by atoms with van der Waals surface area (Å²) in [4.78, 5) is 0. The molecule has 0 aliphatic carbocycles. The topological polar surface area (TPSA) is 47.6 Å². The molecule has 0 amide bonds. The molecule has 0 aromatic heterocycles. The highest BCUT2D eigenvalue weighted by Gasteiger charge is 2.12. The quantitative estimate of drug-likeness (QED) is 0.722. The molecular weight excluding hydrogens is 268 g/mol. The van der Waals surface area contributed by atoms with Crippen LogP contribution in [-0.4, -0.2) is 0 Å². The lowest BCUT2D eigenvalue weighted by atomic mass is 9.86. The number of hydrogen-bond acceptors (Lipinski definition) is 2. The van der Waals surface area contributed by atoms with E-state index in [1.807, 2.05) is 36.4 Å². The smallest absolute Gasteiger partial charge is 0.130 e. The van der Waals surface area contributed by atoms with Crippen molar-refractivity contribution in [2.75, 3.05) is 0 Å². The second-order valence-corrected chi connectivity index (χ2v) is 6.23. The lowest BCUT2D eigenvalue weighted by Crippen LogP contribution is -2.10. The van der Waals surface area contributed by atoms with E-state index >= 15 is 0 Å². The van der Waals surface area contributed by atoms with Crippen LogP contribution in [0.5, 0.6) is 0 Å². The largest absolute Gasteiger partial charge is 0.192 e. The summed E-state index contributed by atoms with van der Waals surface area (Å²) < 4.78 is 0. The van der Waals surface area contributed by atoms with Gasteiger partial charge < -0.3 is 0 Å². The molecule has 0 aliphatic rings. The molecule has 108 valence electrons. The Bertz CT molecular complexity index is 743. The number of allylic oxidation sites excluding steroid dienone is 1. The van der Waals surface area contributed by atoms with Gasteiger partial charge in [0.05, 0.1) is 0 Å². The van der Waals surface area contributed by atoms with E-state index < -0.39 is 0 Å². The van der Waals surface area contributed by atoms with Gasteiger partial charge in [-0.2, -0.15) is 10.5 Å². The van der Waals surface area contributed by atoms with Gasteiger partial charge in [-0.05, 0) is 33.7 Å². The molecule has 2 aromatic carbocycles. The van der Waals surface area contributed by atoms with Crippen LogP contribution in [0, 0.1) is 22.7 Å². The first-order valence-electron chi connectivity index (χ1n) is 7.17. The maximum atomic E-state index is 8.77. The van der Waals surface area contributed by atoms with Crippen molar-refractivity contribution in [2.24, 2.45) is 0 Å². The summed E-state index contributed by atoms with van der Waals surface area (Å²) in [5.41, 5.74) is 4.70. The summed E-state index contributed by atoms with van der Waals surface area (Å²) in [6.07, 6.45) is 1.59. The molecular formula is C20H18N2. The van der Waals surface area contributed by atoms with Crippen LogP contribution in [0.25, 0.3) is 17.2 Å². The summed E-state index contributed by atoms with van der Waals surface area (Å²) in [5, 5.41) is 17.5. The average Bonchev–Trinajstić information content (AvgIpc) is 2.52. The summed E-state index contributed by atoms with van der Waals surface area (Å²) in [6, 6.07) is 20.2. The Balaban J connectivity index is 2.27. The van der Waals surface area contributed by atoms with Crippen molar-refractivity contribution in [3.63, 3.8) is 0 Å². The Kier molecular flexibility index (Phi) is 4.44. The van der Waals surface area contributed by atoms with Crippen molar-refractivity contribution in [1.29, 1.82) is 10.5 Å². The third-order valence-corrected chi connectivity index (χ3v) is 3.55. The van der Waals surface area contributed by atoms with E-state index in [9.17, 15) is 0 Å². The molecule has 2 nitrogen and oxygen atoms in total. The minimum absolute atomic E-state index is 0.113. The number of hydrogen-bond donors (Lipinski definition) is 0. The first kappa shape index (κ1) is 15.5. The van der Waals surface area contributed by atoms with E-state index in [0.29, 0.717) is 0 Å². The molecule has 0 N–H and O–H groups in total. The molecule has 0 saturated carbocycles. The van der Waals surface area contributed by atoms with Gasteiger partial charge in [-0.15, -0.1) is 0 Å². The molecule has 2 heteroatoms. The van der Waals surface area contributed by atoms with Gasteiger partial charge in [0.25, 0.3) is 0 Å². The van der Waals surface area contributed by atoms with Crippen molar-refractivity contribution in [2.45, 2.75) is 26.2 Å². The number of nitriles is 2. The minimum Gasteiger partial charge on any atom is -0.192 e. The SMILES string of the molecule is CC(C)(C)c1ccc(-c2ccc(C=C(C#N)C#N)cc2)cc1. The highest BCUT2D eigenvalue weighted by Crippen LogP contribution is 2.26. The second-order valence-electron chi connectivity index (χ2n) is 6.23. The van der Waals surface area contributed by atoms with Crippen LogP contribution >= 0.6 is 0 Å². The predicted molar refractivity (Wildman–Crippen MR) is 89.8 cm³/mol. The minimum atomic E-state index is 0.113. The molecule has 22 heavy (non-hydrogen) atoms. The highest BCUT2D eigenvalue weighted by atomic mass is 14.3. The van der Waals surface area contributed by atoms with E-state index in [0.717, 1.165) is 16.7 Å². The molecule has 0 bridgehead atoms. The zero-order valence-corrected chi connectivity index (χ0v) is 13.1. The lowest BCUT2D eigenvalue weighted by molar-refractivity contribution is 0.590. The third kappa shape index (κ3) is 3.62. The summed E-state index contributed by atoms with van der Waals surface area (Å²) in [5.74, 6) is 0. The first-order chi connectivity index (χ1) is 10.4. The van der Waals surface area contributed by atoms with Gasteiger partial charge in [-0.25, -0.2) is 0 Å². The zero-order chi connectivity index (χ0) is 16.2. The summed E-state index contributed by atoms with van der Waals surface area (Å²) in [7, 11) is 0. The number of nitrogens with zero attached hydrogens (tertiary/aromatic N) is 2. The van der Waals surface area contributed by atoms with Gasteiger partial charge >= 0.3 is 0 Å². The molecule has 0 saturated heterocycles. The van der Waals surface area contributed by atoms with Crippen LogP contribution in [0.4, 0.5) is 0 Å². The van der Waals surface area contributed by atoms with Crippen molar-refractivity contribution in [3.05, 3.63) is 65.2 Å². The molecule has 2 aromatic rings. The van der Waals surface area contributed by atoms with Crippen molar-refractivity contribution in [1.82, 2.24) is 0 Å². The van der Waals surface area contributed by atoms with Gasteiger partial charge in [-0.3, -0.25) is 0 Å². The van der Waals surface area contributed by atoms with Crippen LogP contribution < -0.4 is 0 Å². The fraction of sp³-hybridized carbons (Fsp3) is 0.200. The van der Waals surface area contributed by atoms with Gasteiger partial charge in [0.2, 0.25) is 0 Å². The van der Waals surface area contributed by atoms with E-state index in [1.54, 1.807) is 6.08 Å². The van der Waals surface area contributed by atoms with E-state index in [1.165, 1.54) is 5.56 Å². The van der Waals surface area contributed by atoms with Gasteiger partial charge in [0.15, 0.2) is 0 Å². The van der Waals surface area contributed by atoms with Crippen LogP contribution in [-0.2, 0) is 5.41 Å². The Labute approximate surface area is 132 Å². The first-order valence-corrected chi connectivity index (χ1v) is 7.17. The fourth-order valence-electron chi connectivity index (χ4n) is 2.19. The molecule has 0 aliphatic heterocycles.